The summed E-state index contributed by atoms with van der Waals surface area (Å²) in [5.74, 6) is 0. The van der Waals surface area contributed by atoms with E-state index < -0.39 is 11.7 Å². The lowest BCUT2D eigenvalue weighted by Crippen LogP contribution is -2.13. The quantitative estimate of drug-likeness (QED) is 0.777. The number of nitrogens with one attached hydrogen (secondary N) is 1. The molecule has 1 N–H and O–H groups in total. The van der Waals surface area contributed by atoms with Crippen LogP contribution in [0.5, 0.6) is 0 Å². The average molecular weight is 277 g/mol. The number of halogens is 3. The fourth-order valence-corrected chi connectivity index (χ4v) is 1.49. The zero-order valence-electron chi connectivity index (χ0n) is 11.0. The van der Waals surface area contributed by atoms with Crippen molar-refractivity contribution in [2.75, 3.05) is 38.8 Å². The molecule has 0 heterocycles. The third-order valence-electron chi connectivity index (χ3n) is 2.56. The second kappa shape index (κ2) is 7.35. The van der Waals surface area contributed by atoms with Gasteiger partial charge in [0.25, 0.3) is 0 Å². The Morgan fingerprint density at radius 2 is 1.89 bits per heavy atom. The van der Waals surface area contributed by atoms with Crippen molar-refractivity contribution in [3.05, 3.63) is 29.3 Å². The van der Waals surface area contributed by atoms with Crippen molar-refractivity contribution in [3.63, 3.8) is 0 Å². The van der Waals surface area contributed by atoms with Gasteiger partial charge in [0, 0.05) is 19.3 Å². The summed E-state index contributed by atoms with van der Waals surface area (Å²) < 4.78 is 47.7. The summed E-state index contributed by atoms with van der Waals surface area (Å²) in [7, 11) is 1.58. The average Bonchev–Trinajstić information content (AvgIpc) is 2.34. The molecular weight excluding hydrogens is 259 g/mol. The van der Waals surface area contributed by atoms with Crippen LogP contribution in [0.4, 0.5) is 18.9 Å². The molecule has 0 amide bonds. The second-order valence-electron chi connectivity index (χ2n) is 4.06. The Bertz CT molecular complexity index is 394. The molecule has 0 aromatic heterocycles. The van der Waals surface area contributed by atoms with Crippen molar-refractivity contribution >= 4 is 5.69 Å². The molecule has 0 atom stereocenters. The van der Waals surface area contributed by atoms with Crippen molar-refractivity contribution in [3.8, 4) is 0 Å². The number of benzene rings is 1. The van der Waals surface area contributed by atoms with E-state index in [-0.39, 0.29) is 0 Å². The fraction of sp³-hybridized carbons (Fsp3) is 0.538. The molecule has 0 fully saturated rings. The number of hydrogen-bond donors (Lipinski definition) is 1. The normalized spacial score (nSPS) is 11.6. The highest BCUT2D eigenvalue weighted by Crippen LogP contribution is 2.31. The van der Waals surface area contributed by atoms with Crippen molar-refractivity contribution in [1.82, 2.24) is 0 Å². The van der Waals surface area contributed by atoms with Crippen LogP contribution in [0.2, 0.25) is 0 Å². The Morgan fingerprint density at radius 3 is 2.53 bits per heavy atom. The number of aryl methyl sites for hydroxylation is 1. The van der Waals surface area contributed by atoms with Crippen molar-refractivity contribution < 1.29 is 22.6 Å². The van der Waals surface area contributed by atoms with E-state index in [0.29, 0.717) is 32.1 Å². The van der Waals surface area contributed by atoms with Gasteiger partial charge in [0.05, 0.1) is 25.4 Å². The summed E-state index contributed by atoms with van der Waals surface area (Å²) in [4.78, 5) is 0. The standard InChI is InChI=1S/C13H18F3NO2/c1-10-3-4-11(13(14,15)16)9-12(10)17-5-6-19-8-7-18-2/h3-4,9,17H,5-8H2,1-2H3. The van der Waals surface area contributed by atoms with Gasteiger partial charge in [0.2, 0.25) is 0 Å². The number of ether oxygens (including phenoxy) is 2. The Labute approximate surface area is 110 Å². The number of methoxy groups -OCH3 is 1. The first-order valence-electron chi connectivity index (χ1n) is 5.93. The Morgan fingerprint density at radius 1 is 1.16 bits per heavy atom. The molecule has 0 unspecified atom stereocenters. The minimum Gasteiger partial charge on any atom is -0.383 e. The summed E-state index contributed by atoms with van der Waals surface area (Å²) in [6.07, 6.45) is -4.32. The monoisotopic (exact) mass is 277 g/mol. The highest BCUT2D eigenvalue weighted by molar-refractivity contribution is 5.53. The molecule has 0 saturated heterocycles. The van der Waals surface area contributed by atoms with Gasteiger partial charge >= 0.3 is 6.18 Å². The van der Waals surface area contributed by atoms with E-state index in [1.54, 1.807) is 14.0 Å². The van der Waals surface area contributed by atoms with Crippen LogP contribution in [0, 0.1) is 6.92 Å². The lowest BCUT2D eigenvalue weighted by Gasteiger charge is -2.13. The molecule has 0 radical (unpaired) electrons. The van der Waals surface area contributed by atoms with Crippen LogP contribution >= 0.6 is 0 Å². The third kappa shape index (κ3) is 5.48. The van der Waals surface area contributed by atoms with Crippen LogP contribution < -0.4 is 5.32 Å². The van der Waals surface area contributed by atoms with Gasteiger partial charge in [0.1, 0.15) is 0 Å². The molecule has 19 heavy (non-hydrogen) atoms. The third-order valence-corrected chi connectivity index (χ3v) is 2.56. The molecule has 108 valence electrons. The van der Waals surface area contributed by atoms with Gasteiger partial charge in [-0.15, -0.1) is 0 Å². The zero-order valence-corrected chi connectivity index (χ0v) is 11.0. The largest absolute Gasteiger partial charge is 0.416 e. The fourth-order valence-electron chi connectivity index (χ4n) is 1.49. The summed E-state index contributed by atoms with van der Waals surface area (Å²) in [6.45, 7) is 3.60. The van der Waals surface area contributed by atoms with E-state index in [1.165, 1.54) is 6.07 Å². The first-order chi connectivity index (χ1) is 8.95. The SMILES string of the molecule is COCCOCCNc1cc(C(F)(F)F)ccc1C. The maximum Gasteiger partial charge on any atom is 0.416 e. The highest BCUT2D eigenvalue weighted by atomic mass is 19.4. The second-order valence-corrected chi connectivity index (χ2v) is 4.06. The Balaban J connectivity index is 2.49. The first-order valence-corrected chi connectivity index (χ1v) is 5.93. The van der Waals surface area contributed by atoms with Gasteiger partial charge in [-0.05, 0) is 24.6 Å². The van der Waals surface area contributed by atoms with Gasteiger partial charge in [-0.2, -0.15) is 13.2 Å². The highest BCUT2D eigenvalue weighted by Gasteiger charge is 2.30. The molecular formula is C13H18F3NO2. The van der Waals surface area contributed by atoms with Crippen LogP contribution in [0.25, 0.3) is 0 Å². The minimum absolute atomic E-state index is 0.416. The van der Waals surface area contributed by atoms with E-state index in [9.17, 15) is 13.2 Å². The number of alkyl halides is 3. The molecule has 0 aliphatic heterocycles. The maximum atomic E-state index is 12.6. The molecule has 1 aromatic carbocycles. The molecule has 3 nitrogen and oxygen atoms in total. The van der Waals surface area contributed by atoms with Gasteiger partial charge in [0.15, 0.2) is 0 Å². The molecule has 0 bridgehead atoms. The molecule has 1 aromatic rings. The van der Waals surface area contributed by atoms with E-state index in [4.69, 9.17) is 9.47 Å². The van der Waals surface area contributed by atoms with E-state index in [1.807, 2.05) is 0 Å². The molecule has 1 rings (SSSR count). The predicted octanol–water partition coefficient (Wildman–Crippen LogP) is 3.09. The van der Waals surface area contributed by atoms with E-state index >= 15 is 0 Å². The summed E-state index contributed by atoms with van der Waals surface area (Å²) in [5, 5.41) is 2.94. The van der Waals surface area contributed by atoms with E-state index in [2.05, 4.69) is 5.32 Å². The van der Waals surface area contributed by atoms with Crippen LogP contribution in [-0.2, 0) is 15.7 Å². The number of rotatable bonds is 7. The zero-order chi connectivity index (χ0) is 14.3. The van der Waals surface area contributed by atoms with Crippen LogP contribution in [-0.4, -0.2) is 33.5 Å². The van der Waals surface area contributed by atoms with Gasteiger partial charge in [-0.25, -0.2) is 0 Å². The number of anilines is 1. The predicted molar refractivity (Wildman–Crippen MR) is 67.4 cm³/mol. The van der Waals surface area contributed by atoms with Gasteiger partial charge in [-0.3, -0.25) is 0 Å². The Kier molecular flexibility index (Phi) is 6.11. The smallest absolute Gasteiger partial charge is 0.383 e. The molecule has 0 saturated carbocycles. The molecule has 0 aliphatic rings. The van der Waals surface area contributed by atoms with Crippen molar-refractivity contribution in [2.24, 2.45) is 0 Å². The summed E-state index contributed by atoms with van der Waals surface area (Å²) in [5.41, 5.74) is 0.593. The Hall–Kier alpha value is -1.27. The lowest BCUT2D eigenvalue weighted by molar-refractivity contribution is -0.137. The van der Waals surface area contributed by atoms with Crippen LogP contribution in [0.1, 0.15) is 11.1 Å². The molecule has 6 heteroatoms. The number of hydrogen-bond acceptors (Lipinski definition) is 3. The van der Waals surface area contributed by atoms with E-state index in [0.717, 1.165) is 17.7 Å². The van der Waals surface area contributed by atoms with Crippen LogP contribution in [0.15, 0.2) is 18.2 Å². The first kappa shape index (κ1) is 15.8. The lowest BCUT2D eigenvalue weighted by atomic mass is 10.1. The molecule has 0 spiro atoms. The minimum atomic E-state index is -4.32. The van der Waals surface area contributed by atoms with Crippen molar-refractivity contribution in [2.45, 2.75) is 13.1 Å². The summed E-state index contributed by atoms with van der Waals surface area (Å²) in [6, 6.07) is 3.65. The van der Waals surface area contributed by atoms with Crippen molar-refractivity contribution in [1.29, 1.82) is 0 Å². The van der Waals surface area contributed by atoms with Gasteiger partial charge < -0.3 is 14.8 Å². The molecule has 0 aliphatic carbocycles. The summed E-state index contributed by atoms with van der Waals surface area (Å²) >= 11 is 0. The van der Waals surface area contributed by atoms with Gasteiger partial charge in [-0.1, -0.05) is 6.07 Å². The topological polar surface area (TPSA) is 30.5 Å². The maximum absolute atomic E-state index is 12.6. The van der Waals surface area contributed by atoms with Crippen LogP contribution in [0.3, 0.4) is 0 Å².